The molecule has 0 heterocycles. The van der Waals surface area contributed by atoms with Crippen LogP contribution in [0.2, 0.25) is 0 Å². The summed E-state index contributed by atoms with van der Waals surface area (Å²) in [6, 6.07) is 15.4. The van der Waals surface area contributed by atoms with Gasteiger partial charge in [0.25, 0.3) is 5.91 Å². The van der Waals surface area contributed by atoms with E-state index in [9.17, 15) is 4.79 Å². The van der Waals surface area contributed by atoms with Gasteiger partial charge in [0.2, 0.25) is 0 Å². The van der Waals surface area contributed by atoms with Gasteiger partial charge in [0.1, 0.15) is 0 Å². The van der Waals surface area contributed by atoms with E-state index in [0.29, 0.717) is 5.92 Å². The van der Waals surface area contributed by atoms with Gasteiger partial charge in [-0.05, 0) is 41.3 Å². The molecule has 0 bridgehead atoms. The molecule has 2 rings (SSSR count). The van der Waals surface area contributed by atoms with E-state index in [2.05, 4.69) is 13.8 Å². The van der Waals surface area contributed by atoms with Crippen molar-refractivity contribution in [3.8, 4) is 11.1 Å². The van der Waals surface area contributed by atoms with Crippen LogP contribution in [-0.2, 0) is 0 Å². The normalized spacial score (nSPS) is 10.7. The second-order valence-corrected chi connectivity index (χ2v) is 5.78. The zero-order valence-corrected chi connectivity index (χ0v) is 12.8. The lowest BCUT2D eigenvalue weighted by atomic mass is 10.0. The predicted octanol–water partition coefficient (Wildman–Crippen LogP) is 3.66. The molecule has 0 radical (unpaired) electrons. The number of carbonyl (C=O) groups is 1. The van der Waals surface area contributed by atoms with E-state index in [-0.39, 0.29) is 5.91 Å². The maximum atomic E-state index is 12.3. The van der Waals surface area contributed by atoms with E-state index in [1.54, 1.807) is 4.90 Å². The van der Waals surface area contributed by atoms with E-state index in [1.165, 1.54) is 0 Å². The van der Waals surface area contributed by atoms with Crippen LogP contribution in [0.15, 0.2) is 48.5 Å². The van der Waals surface area contributed by atoms with Gasteiger partial charge in [-0.3, -0.25) is 4.79 Å². The summed E-state index contributed by atoms with van der Waals surface area (Å²) in [5.74, 6) is 0.528. The van der Waals surface area contributed by atoms with Crippen LogP contribution in [0, 0.1) is 5.92 Å². The average Bonchev–Trinajstić information content (AvgIpc) is 2.47. The van der Waals surface area contributed by atoms with Crippen molar-refractivity contribution < 1.29 is 4.79 Å². The fourth-order valence-corrected chi connectivity index (χ4v) is 2.33. The SMILES string of the molecule is CC(C)CN(C)C(=O)c1ccc(-c2ccc(N)cc2)cc1. The van der Waals surface area contributed by atoms with Crippen LogP contribution in [0.1, 0.15) is 24.2 Å². The molecule has 110 valence electrons. The van der Waals surface area contributed by atoms with E-state index in [4.69, 9.17) is 5.73 Å². The average molecular weight is 282 g/mol. The number of anilines is 1. The summed E-state index contributed by atoms with van der Waals surface area (Å²) in [4.78, 5) is 14.0. The Morgan fingerprint density at radius 3 is 1.95 bits per heavy atom. The van der Waals surface area contributed by atoms with Crippen LogP contribution in [0.4, 0.5) is 5.69 Å². The maximum absolute atomic E-state index is 12.3. The Balaban J connectivity index is 2.15. The molecule has 0 saturated heterocycles. The van der Waals surface area contributed by atoms with Gasteiger partial charge in [0.15, 0.2) is 0 Å². The zero-order valence-electron chi connectivity index (χ0n) is 12.8. The number of carbonyl (C=O) groups excluding carboxylic acids is 1. The maximum Gasteiger partial charge on any atom is 0.253 e. The van der Waals surface area contributed by atoms with Crippen LogP contribution in [0.25, 0.3) is 11.1 Å². The number of benzene rings is 2. The Morgan fingerprint density at radius 1 is 1.00 bits per heavy atom. The van der Waals surface area contributed by atoms with Crippen LogP contribution in [0.3, 0.4) is 0 Å². The number of nitrogens with two attached hydrogens (primary N) is 1. The van der Waals surface area contributed by atoms with Gasteiger partial charge in [-0.25, -0.2) is 0 Å². The summed E-state index contributed by atoms with van der Waals surface area (Å²) >= 11 is 0. The Kier molecular flexibility index (Phi) is 4.63. The van der Waals surface area contributed by atoms with Crippen molar-refractivity contribution in [3.05, 3.63) is 54.1 Å². The quantitative estimate of drug-likeness (QED) is 0.870. The molecule has 0 atom stereocenters. The predicted molar refractivity (Wildman–Crippen MR) is 88.1 cm³/mol. The van der Waals surface area contributed by atoms with E-state index in [1.807, 2.05) is 55.6 Å². The Bertz CT molecular complexity index is 600. The van der Waals surface area contributed by atoms with Crippen molar-refractivity contribution in [1.29, 1.82) is 0 Å². The molecule has 0 aliphatic rings. The van der Waals surface area contributed by atoms with Crippen molar-refractivity contribution in [2.24, 2.45) is 5.92 Å². The summed E-state index contributed by atoms with van der Waals surface area (Å²) in [5, 5.41) is 0. The fourth-order valence-electron chi connectivity index (χ4n) is 2.33. The van der Waals surface area contributed by atoms with Gasteiger partial charge < -0.3 is 10.6 Å². The van der Waals surface area contributed by atoms with Crippen LogP contribution < -0.4 is 5.73 Å². The van der Waals surface area contributed by atoms with Gasteiger partial charge in [-0.15, -0.1) is 0 Å². The van der Waals surface area contributed by atoms with Crippen LogP contribution in [-0.4, -0.2) is 24.4 Å². The summed E-state index contributed by atoms with van der Waals surface area (Å²) in [6.45, 7) is 4.97. The van der Waals surface area contributed by atoms with Crippen molar-refractivity contribution in [2.75, 3.05) is 19.3 Å². The first-order chi connectivity index (χ1) is 9.97. The third-order valence-electron chi connectivity index (χ3n) is 3.36. The third kappa shape index (κ3) is 3.85. The minimum absolute atomic E-state index is 0.0626. The van der Waals surface area contributed by atoms with Gasteiger partial charge in [-0.2, -0.15) is 0 Å². The molecule has 2 aromatic rings. The highest BCUT2D eigenvalue weighted by atomic mass is 16.2. The molecule has 2 aromatic carbocycles. The molecule has 0 aromatic heterocycles. The zero-order chi connectivity index (χ0) is 15.4. The molecule has 0 spiro atoms. The molecule has 0 aliphatic carbocycles. The highest BCUT2D eigenvalue weighted by Gasteiger charge is 2.12. The number of nitrogens with zero attached hydrogens (tertiary/aromatic N) is 1. The number of rotatable bonds is 4. The molecule has 1 amide bonds. The lowest BCUT2D eigenvalue weighted by Gasteiger charge is -2.19. The standard InChI is InChI=1S/C18H22N2O/c1-13(2)12-20(3)18(21)16-6-4-14(5-7-16)15-8-10-17(19)11-9-15/h4-11,13H,12,19H2,1-3H3. The molecule has 3 nitrogen and oxygen atoms in total. The summed E-state index contributed by atoms with van der Waals surface area (Å²) in [5.41, 5.74) is 9.34. The van der Waals surface area contributed by atoms with Gasteiger partial charge >= 0.3 is 0 Å². The Labute approximate surface area is 126 Å². The number of hydrogen-bond donors (Lipinski definition) is 1. The minimum Gasteiger partial charge on any atom is -0.399 e. The number of hydrogen-bond acceptors (Lipinski definition) is 2. The van der Waals surface area contributed by atoms with E-state index in [0.717, 1.165) is 28.9 Å². The van der Waals surface area contributed by atoms with Crippen LogP contribution in [0.5, 0.6) is 0 Å². The third-order valence-corrected chi connectivity index (χ3v) is 3.36. The Hall–Kier alpha value is -2.29. The van der Waals surface area contributed by atoms with E-state index >= 15 is 0 Å². The first-order valence-corrected chi connectivity index (χ1v) is 7.19. The number of nitrogen functional groups attached to an aromatic ring is 1. The molecule has 2 N–H and O–H groups in total. The van der Waals surface area contributed by atoms with Crippen LogP contribution >= 0.6 is 0 Å². The molecule has 3 heteroatoms. The minimum atomic E-state index is 0.0626. The lowest BCUT2D eigenvalue weighted by Crippen LogP contribution is -2.30. The lowest BCUT2D eigenvalue weighted by molar-refractivity contribution is 0.0779. The molecule has 0 fully saturated rings. The monoisotopic (exact) mass is 282 g/mol. The van der Waals surface area contributed by atoms with Crippen molar-refractivity contribution >= 4 is 11.6 Å². The summed E-state index contributed by atoms with van der Waals surface area (Å²) in [7, 11) is 1.84. The Morgan fingerprint density at radius 2 is 1.48 bits per heavy atom. The second kappa shape index (κ2) is 6.44. The topological polar surface area (TPSA) is 46.3 Å². The molecule has 0 unspecified atom stereocenters. The first-order valence-electron chi connectivity index (χ1n) is 7.19. The number of amides is 1. The largest absolute Gasteiger partial charge is 0.399 e. The van der Waals surface area contributed by atoms with Gasteiger partial charge in [-0.1, -0.05) is 38.1 Å². The van der Waals surface area contributed by atoms with Gasteiger partial charge in [0, 0.05) is 24.8 Å². The molecule has 0 aliphatic heterocycles. The van der Waals surface area contributed by atoms with Crippen molar-refractivity contribution in [2.45, 2.75) is 13.8 Å². The van der Waals surface area contributed by atoms with Crippen molar-refractivity contribution in [3.63, 3.8) is 0 Å². The molecule has 21 heavy (non-hydrogen) atoms. The molecule has 0 saturated carbocycles. The molecular formula is C18H22N2O. The smallest absolute Gasteiger partial charge is 0.253 e. The highest BCUT2D eigenvalue weighted by Crippen LogP contribution is 2.21. The fraction of sp³-hybridized carbons (Fsp3) is 0.278. The second-order valence-electron chi connectivity index (χ2n) is 5.78. The highest BCUT2D eigenvalue weighted by molar-refractivity contribution is 5.94. The summed E-state index contributed by atoms with van der Waals surface area (Å²) in [6.07, 6.45) is 0. The first kappa shape index (κ1) is 15.1. The van der Waals surface area contributed by atoms with Gasteiger partial charge in [0.05, 0.1) is 0 Å². The summed E-state index contributed by atoms with van der Waals surface area (Å²) < 4.78 is 0. The van der Waals surface area contributed by atoms with E-state index < -0.39 is 0 Å². The molecular weight excluding hydrogens is 260 g/mol. The van der Waals surface area contributed by atoms with Crippen molar-refractivity contribution in [1.82, 2.24) is 4.90 Å².